The van der Waals surface area contributed by atoms with Crippen molar-refractivity contribution in [2.45, 2.75) is 25.4 Å². The number of carbonyl (C=O) groups excluding carboxylic acids is 1. The van der Waals surface area contributed by atoms with Crippen molar-refractivity contribution in [2.24, 2.45) is 5.73 Å². The molecule has 98 valence electrons. The zero-order valence-electron chi connectivity index (χ0n) is 9.96. The molecule has 0 atom stereocenters. The predicted molar refractivity (Wildman–Crippen MR) is 64.2 cm³/mol. The van der Waals surface area contributed by atoms with E-state index in [9.17, 15) is 9.59 Å². The van der Waals surface area contributed by atoms with Crippen molar-refractivity contribution in [2.75, 3.05) is 13.2 Å². The van der Waals surface area contributed by atoms with E-state index in [4.69, 9.17) is 10.5 Å². The monoisotopic (exact) mass is 252 g/mol. The van der Waals surface area contributed by atoms with Crippen LogP contribution in [0.4, 0.5) is 0 Å². The van der Waals surface area contributed by atoms with E-state index in [1.54, 1.807) is 0 Å². The summed E-state index contributed by atoms with van der Waals surface area (Å²) in [6, 6.07) is 1.58. The quantitative estimate of drug-likeness (QED) is 0.666. The fourth-order valence-electron chi connectivity index (χ4n) is 1.43. The Balaban J connectivity index is 1.95. The highest BCUT2D eigenvalue weighted by molar-refractivity contribution is 5.76. The van der Waals surface area contributed by atoms with Gasteiger partial charge in [0.15, 0.2) is 0 Å². The fraction of sp³-hybridized carbons (Fsp3) is 0.545. The number of rotatable bonds is 6. The molecule has 1 heterocycles. The van der Waals surface area contributed by atoms with Crippen molar-refractivity contribution in [3.05, 3.63) is 22.6 Å². The zero-order valence-corrected chi connectivity index (χ0v) is 9.96. The summed E-state index contributed by atoms with van der Waals surface area (Å²) in [5.74, 6) is 0.173. The number of hydrogen-bond donors (Lipinski definition) is 2. The summed E-state index contributed by atoms with van der Waals surface area (Å²) in [5.41, 5.74) is 4.92. The Labute approximate surface area is 104 Å². The highest BCUT2D eigenvalue weighted by Gasteiger charge is 2.23. The number of nitrogens with zero attached hydrogens (tertiary/aromatic N) is 2. The summed E-state index contributed by atoms with van der Waals surface area (Å²) in [6.45, 7) is 0.632. The van der Waals surface area contributed by atoms with Crippen molar-refractivity contribution in [3.8, 4) is 5.75 Å². The maximum absolute atomic E-state index is 11.6. The summed E-state index contributed by atoms with van der Waals surface area (Å²) < 4.78 is 6.27. The molecule has 1 aliphatic carbocycles. The largest absolute Gasteiger partial charge is 0.490 e. The third-order valence-corrected chi connectivity index (χ3v) is 2.47. The molecule has 0 unspecified atom stereocenters. The predicted octanol–water partition coefficient (Wildman–Crippen LogP) is -1.14. The Bertz CT molecular complexity index is 481. The molecule has 7 nitrogen and oxygen atoms in total. The molecule has 1 aromatic heterocycles. The summed E-state index contributed by atoms with van der Waals surface area (Å²) in [4.78, 5) is 23.2. The molecule has 7 heteroatoms. The van der Waals surface area contributed by atoms with Gasteiger partial charge in [0.1, 0.15) is 18.9 Å². The van der Waals surface area contributed by atoms with Crippen LogP contribution in [0.15, 0.2) is 17.1 Å². The molecule has 3 N–H and O–H groups in total. The van der Waals surface area contributed by atoms with Gasteiger partial charge in [0.05, 0.1) is 6.20 Å². The minimum absolute atomic E-state index is 0.0630. The molecule has 0 aliphatic heterocycles. The van der Waals surface area contributed by atoms with Crippen LogP contribution in [0.3, 0.4) is 0 Å². The van der Waals surface area contributed by atoms with Crippen LogP contribution in [-0.4, -0.2) is 34.9 Å². The molecular weight excluding hydrogens is 236 g/mol. The van der Waals surface area contributed by atoms with Gasteiger partial charge in [-0.25, -0.2) is 4.68 Å². The van der Waals surface area contributed by atoms with Crippen molar-refractivity contribution < 1.29 is 9.53 Å². The smallest absolute Gasteiger partial charge is 0.270 e. The summed E-state index contributed by atoms with van der Waals surface area (Å²) in [6.07, 6.45) is 3.43. The molecule has 1 saturated carbocycles. The molecule has 18 heavy (non-hydrogen) atoms. The van der Waals surface area contributed by atoms with Crippen LogP contribution >= 0.6 is 0 Å². The van der Waals surface area contributed by atoms with Crippen LogP contribution in [0.25, 0.3) is 0 Å². The molecule has 0 spiro atoms. The second-order valence-corrected chi connectivity index (χ2v) is 4.17. The average molecular weight is 252 g/mol. The molecule has 1 aromatic rings. The number of hydrogen-bond acceptors (Lipinski definition) is 5. The molecule has 1 aliphatic rings. The Hall–Kier alpha value is -1.89. The number of ether oxygens (including phenoxy) is 1. The molecule has 1 fully saturated rings. The maximum Gasteiger partial charge on any atom is 0.270 e. The first-order chi connectivity index (χ1) is 8.69. The van der Waals surface area contributed by atoms with Gasteiger partial charge < -0.3 is 15.8 Å². The van der Waals surface area contributed by atoms with E-state index in [0.29, 0.717) is 18.9 Å². The van der Waals surface area contributed by atoms with Gasteiger partial charge in [0, 0.05) is 18.7 Å². The van der Waals surface area contributed by atoms with E-state index >= 15 is 0 Å². The summed E-state index contributed by atoms with van der Waals surface area (Å²) in [7, 11) is 0. The van der Waals surface area contributed by atoms with Gasteiger partial charge in [-0.1, -0.05) is 0 Å². The van der Waals surface area contributed by atoms with Crippen LogP contribution in [0.2, 0.25) is 0 Å². The lowest BCUT2D eigenvalue weighted by Crippen LogP contribution is -2.34. The van der Waals surface area contributed by atoms with E-state index in [2.05, 4.69) is 10.4 Å². The standard InChI is InChI=1S/C11H16N4O3/c12-3-4-18-9-5-11(17)15(13-6-9)7-10(16)14-8-1-2-8/h5-6,8H,1-4,7,12H2,(H,14,16). The van der Waals surface area contributed by atoms with Crippen molar-refractivity contribution in [1.29, 1.82) is 0 Å². The van der Waals surface area contributed by atoms with Gasteiger partial charge >= 0.3 is 0 Å². The molecule has 2 rings (SSSR count). The Kier molecular flexibility index (Phi) is 3.93. The number of carbonyl (C=O) groups is 1. The van der Waals surface area contributed by atoms with E-state index in [-0.39, 0.29) is 24.1 Å². The van der Waals surface area contributed by atoms with Gasteiger partial charge in [0.25, 0.3) is 5.56 Å². The normalized spacial score (nSPS) is 14.3. The molecule has 0 bridgehead atoms. The molecular formula is C11H16N4O3. The van der Waals surface area contributed by atoms with Gasteiger partial charge in [-0.15, -0.1) is 0 Å². The summed E-state index contributed by atoms with van der Waals surface area (Å²) in [5, 5.41) is 6.67. The average Bonchev–Trinajstić information content (AvgIpc) is 3.13. The first kappa shape index (κ1) is 12.6. The minimum atomic E-state index is -0.365. The highest BCUT2D eigenvalue weighted by atomic mass is 16.5. The third-order valence-electron chi connectivity index (χ3n) is 2.47. The highest BCUT2D eigenvalue weighted by Crippen LogP contribution is 2.18. The SMILES string of the molecule is NCCOc1cnn(CC(=O)NC2CC2)c(=O)c1. The van der Waals surface area contributed by atoms with Crippen LogP contribution in [0, 0.1) is 0 Å². The third kappa shape index (κ3) is 3.56. The second-order valence-electron chi connectivity index (χ2n) is 4.17. The molecule has 0 saturated heterocycles. The lowest BCUT2D eigenvalue weighted by Gasteiger charge is -2.07. The number of nitrogens with one attached hydrogen (secondary N) is 1. The summed E-state index contributed by atoms with van der Waals surface area (Å²) >= 11 is 0. The molecule has 1 amide bonds. The van der Waals surface area contributed by atoms with Gasteiger partial charge in [-0.05, 0) is 12.8 Å². The van der Waals surface area contributed by atoms with Crippen LogP contribution in [0.5, 0.6) is 5.75 Å². The fourth-order valence-corrected chi connectivity index (χ4v) is 1.43. The van der Waals surface area contributed by atoms with Gasteiger partial charge in [-0.3, -0.25) is 9.59 Å². The Morgan fingerprint density at radius 3 is 3.00 bits per heavy atom. The molecule has 0 aromatic carbocycles. The number of nitrogens with two attached hydrogens (primary N) is 1. The molecule has 0 radical (unpaired) electrons. The number of aromatic nitrogens is 2. The Morgan fingerprint density at radius 2 is 2.39 bits per heavy atom. The van der Waals surface area contributed by atoms with Crippen LogP contribution < -0.4 is 21.3 Å². The van der Waals surface area contributed by atoms with E-state index < -0.39 is 0 Å². The zero-order chi connectivity index (χ0) is 13.0. The first-order valence-electron chi connectivity index (χ1n) is 5.88. The lowest BCUT2D eigenvalue weighted by atomic mass is 10.5. The number of amides is 1. The van der Waals surface area contributed by atoms with Gasteiger partial charge in [0.2, 0.25) is 5.91 Å². The van der Waals surface area contributed by atoms with Crippen molar-refractivity contribution >= 4 is 5.91 Å². The van der Waals surface area contributed by atoms with Crippen molar-refractivity contribution in [1.82, 2.24) is 15.1 Å². The topological polar surface area (TPSA) is 99.2 Å². The van der Waals surface area contributed by atoms with Gasteiger partial charge in [-0.2, -0.15) is 5.10 Å². The Morgan fingerprint density at radius 1 is 1.61 bits per heavy atom. The van der Waals surface area contributed by atoms with E-state index in [1.807, 2.05) is 0 Å². The van der Waals surface area contributed by atoms with Crippen molar-refractivity contribution in [3.63, 3.8) is 0 Å². The maximum atomic E-state index is 11.6. The first-order valence-corrected chi connectivity index (χ1v) is 5.88. The van der Waals surface area contributed by atoms with E-state index in [1.165, 1.54) is 12.3 Å². The van der Waals surface area contributed by atoms with E-state index in [0.717, 1.165) is 17.5 Å². The minimum Gasteiger partial charge on any atom is -0.490 e. The van der Waals surface area contributed by atoms with Crippen LogP contribution in [0.1, 0.15) is 12.8 Å². The second kappa shape index (κ2) is 5.63. The lowest BCUT2D eigenvalue weighted by molar-refractivity contribution is -0.122. The van der Waals surface area contributed by atoms with Crippen LogP contribution in [-0.2, 0) is 11.3 Å².